The Kier molecular flexibility index (Phi) is 5.48. The summed E-state index contributed by atoms with van der Waals surface area (Å²) >= 11 is 0. The van der Waals surface area contributed by atoms with Crippen LogP contribution in [0.25, 0.3) is 0 Å². The molecule has 1 saturated heterocycles. The van der Waals surface area contributed by atoms with E-state index in [4.69, 9.17) is 4.74 Å². The normalized spacial score (nSPS) is 17.6. The van der Waals surface area contributed by atoms with Gasteiger partial charge in [0.05, 0.1) is 24.2 Å². The summed E-state index contributed by atoms with van der Waals surface area (Å²) in [4.78, 5) is 14.4. The van der Waals surface area contributed by atoms with E-state index in [1.807, 2.05) is 6.92 Å². The van der Waals surface area contributed by atoms with Gasteiger partial charge in [0.2, 0.25) is 0 Å². The van der Waals surface area contributed by atoms with E-state index in [0.717, 1.165) is 6.07 Å². The summed E-state index contributed by atoms with van der Waals surface area (Å²) in [5.41, 5.74) is 0.895. The summed E-state index contributed by atoms with van der Waals surface area (Å²) in [6, 6.07) is 9.86. The zero-order valence-corrected chi connectivity index (χ0v) is 15.9. The summed E-state index contributed by atoms with van der Waals surface area (Å²) < 4.78 is 46.3. The number of carbonyl (C=O) groups is 1. The van der Waals surface area contributed by atoms with Crippen LogP contribution in [0.5, 0.6) is 0 Å². The predicted molar refractivity (Wildman–Crippen MR) is 99.7 cm³/mol. The fraction of sp³-hybridized carbons (Fsp3) is 0.316. The topological polar surface area (TPSA) is 75.7 Å². The molecule has 1 N–H and O–H groups in total. The summed E-state index contributed by atoms with van der Waals surface area (Å²) in [6.07, 6.45) is 0. The van der Waals surface area contributed by atoms with Crippen molar-refractivity contribution in [2.45, 2.75) is 24.8 Å². The highest BCUT2D eigenvalue weighted by Crippen LogP contribution is 2.21. The van der Waals surface area contributed by atoms with Crippen molar-refractivity contribution in [3.8, 4) is 0 Å². The Labute approximate surface area is 158 Å². The van der Waals surface area contributed by atoms with Crippen LogP contribution in [0.15, 0.2) is 47.4 Å². The van der Waals surface area contributed by atoms with E-state index in [0.29, 0.717) is 25.3 Å². The molecule has 0 aromatic heterocycles. The van der Waals surface area contributed by atoms with Gasteiger partial charge in [0.15, 0.2) is 0 Å². The van der Waals surface area contributed by atoms with Crippen LogP contribution in [0.2, 0.25) is 0 Å². The number of hydrogen-bond acceptors (Lipinski definition) is 4. The molecular weight excluding hydrogens is 371 g/mol. The van der Waals surface area contributed by atoms with E-state index in [1.54, 1.807) is 23.1 Å². The van der Waals surface area contributed by atoms with Crippen LogP contribution in [0.4, 0.5) is 10.1 Å². The minimum atomic E-state index is -3.89. The number of amides is 1. The molecule has 1 amide bonds. The molecule has 1 heterocycles. The third kappa shape index (κ3) is 4.28. The molecule has 2 aromatic carbocycles. The van der Waals surface area contributed by atoms with E-state index >= 15 is 0 Å². The third-order valence-corrected chi connectivity index (χ3v) is 5.81. The molecule has 27 heavy (non-hydrogen) atoms. The van der Waals surface area contributed by atoms with Gasteiger partial charge in [-0.3, -0.25) is 9.52 Å². The highest BCUT2D eigenvalue weighted by Gasteiger charge is 2.25. The minimum Gasteiger partial charge on any atom is -0.377 e. The van der Waals surface area contributed by atoms with Gasteiger partial charge in [-0.15, -0.1) is 0 Å². The maximum Gasteiger partial charge on any atom is 0.261 e. The van der Waals surface area contributed by atoms with Crippen molar-refractivity contribution < 1.29 is 22.3 Å². The highest BCUT2D eigenvalue weighted by molar-refractivity contribution is 7.92. The molecule has 1 unspecified atom stereocenters. The Morgan fingerprint density at radius 3 is 2.74 bits per heavy atom. The quantitative estimate of drug-likeness (QED) is 0.868. The van der Waals surface area contributed by atoms with Gasteiger partial charge in [-0.2, -0.15) is 0 Å². The summed E-state index contributed by atoms with van der Waals surface area (Å²) in [6.45, 7) is 4.84. The third-order valence-electron chi connectivity index (χ3n) is 4.43. The van der Waals surface area contributed by atoms with E-state index in [1.165, 1.54) is 25.1 Å². The van der Waals surface area contributed by atoms with Gasteiger partial charge in [-0.1, -0.05) is 6.07 Å². The average molecular weight is 392 g/mol. The van der Waals surface area contributed by atoms with E-state index in [9.17, 15) is 17.6 Å². The molecule has 8 heteroatoms. The van der Waals surface area contributed by atoms with Crippen LogP contribution in [-0.4, -0.2) is 45.0 Å². The Bertz CT molecular complexity index is 962. The Hall–Kier alpha value is -2.45. The van der Waals surface area contributed by atoms with Crippen LogP contribution in [0.3, 0.4) is 0 Å². The van der Waals surface area contributed by atoms with Crippen LogP contribution < -0.4 is 4.72 Å². The van der Waals surface area contributed by atoms with Crippen molar-refractivity contribution in [3.63, 3.8) is 0 Å². The molecule has 0 aliphatic carbocycles. The number of hydrogen-bond donors (Lipinski definition) is 1. The lowest BCUT2D eigenvalue weighted by Gasteiger charge is -2.33. The zero-order chi connectivity index (χ0) is 19.6. The van der Waals surface area contributed by atoms with Gasteiger partial charge in [0.1, 0.15) is 5.82 Å². The first kappa shape index (κ1) is 19.3. The lowest BCUT2D eigenvalue weighted by Crippen LogP contribution is -2.47. The van der Waals surface area contributed by atoms with Gasteiger partial charge in [-0.25, -0.2) is 12.8 Å². The molecule has 6 nitrogen and oxygen atoms in total. The molecule has 144 valence electrons. The molecule has 1 atom stereocenters. The second-order valence-electron chi connectivity index (χ2n) is 6.52. The number of morpholine rings is 1. The van der Waals surface area contributed by atoms with Crippen molar-refractivity contribution in [2.75, 3.05) is 24.5 Å². The van der Waals surface area contributed by atoms with Crippen LogP contribution in [-0.2, 0) is 14.8 Å². The first-order chi connectivity index (χ1) is 12.8. The van der Waals surface area contributed by atoms with Crippen molar-refractivity contribution >= 4 is 21.6 Å². The number of aryl methyl sites for hydroxylation is 1. The largest absolute Gasteiger partial charge is 0.377 e. The maximum absolute atomic E-state index is 13.4. The Balaban J connectivity index is 1.83. The van der Waals surface area contributed by atoms with Gasteiger partial charge in [0.25, 0.3) is 15.9 Å². The SMILES string of the molecule is Cc1cc(S(=O)(=O)Nc2cccc(C(=O)N3CCOCC3C)c2)ccc1F. The van der Waals surface area contributed by atoms with Crippen molar-refractivity contribution in [3.05, 3.63) is 59.4 Å². The molecule has 3 rings (SSSR count). The Morgan fingerprint density at radius 1 is 1.26 bits per heavy atom. The molecule has 1 aliphatic rings. The van der Waals surface area contributed by atoms with E-state index < -0.39 is 15.8 Å². The van der Waals surface area contributed by atoms with Crippen LogP contribution >= 0.6 is 0 Å². The van der Waals surface area contributed by atoms with Crippen molar-refractivity contribution in [1.82, 2.24) is 4.90 Å². The number of carbonyl (C=O) groups excluding carboxylic acids is 1. The van der Waals surface area contributed by atoms with Crippen LogP contribution in [0.1, 0.15) is 22.8 Å². The summed E-state index contributed by atoms with van der Waals surface area (Å²) in [5, 5.41) is 0. The maximum atomic E-state index is 13.4. The second kappa shape index (κ2) is 7.66. The fourth-order valence-corrected chi connectivity index (χ4v) is 4.04. The number of ether oxygens (including phenoxy) is 1. The lowest BCUT2D eigenvalue weighted by molar-refractivity contribution is 0.00360. The summed E-state index contributed by atoms with van der Waals surface area (Å²) in [5.74, 6) is -0.648. The minimum absolute atomic E-state index is 0.0417. The molecular formula is C19H21FN2O4S. The first-order valence-corrected chi connectivity index (χ1v) is 10.0. The molecule has 0 spiro atoms. The number of nitrogens with zero attached hydrogens (tertiary/aromatic N) is 1. The Morgan fingerprint density at radius 2 is 2.04 bits per heavy atom. The number of anilines is 1. The van der Waals surface area contributed by atoms with E-state index in [-0.39, 0.29) is 28.1 Å². The first-order valence-electron chi connectivity index (χ1n) is 8.56. The number of sulfonamides is 1. The number of halogens is 1. The fourth-order valence-electron chi connectivity index (χ4n) is 2.91. The smallest absolute Gasteiger partial charge is 0.261 e. The van der Waals surface area contributed by atoms with Gasteiger partial charge in [0, 0.05) is 17.8 Å². The average Bonchev–Trinajstić information content (AvgIpc) is 2.63. The number of nitrogens with one attached hydrogen (secondary N) is 1. The molecule has 0 radical (unpaired) electrons. The number of rotatable bonds is 4. The van der Waals surface area contributed by atoms with Gasteiger partial charge < -0.3 is 9.64 Å². The van der Waals surface area contributed by atoms with Gasteiger partial charge in [-0.05, 0) is 55.8 Å². The molecule has 0 bridgehead atoms. The van der Waals surface area contributed by atoms with Crippen molar-refractivity contribution in [2.24, 2.45) is 0 Å². The molecule has 1 aliphatic heterocycles. The van der Waals surface area contributed by atoms with Gasteiger partial charge >= 0.3 is 0 Å². The van der Waals surface area contributed by atoms with Crippen LogP contribution in [0, 0.1) is 12.7 Å². The monoisotopic (exact) mass is 392 g/mol. The van der Waals surface area contributed by atoms with Crippen molar-refractivity contribution in [1.29, 1.82) is 0 Å². The lowest BCUT2D eigenvalue weighted by atomic mass is 10.1. The van der Waals surface area contributed by atoms with E-state index in [2.05, 4.69) is 4.72 Å². The number of benzene rings is 2. The standard InChI is InChI=1S/C19H21FN2O4S/c1-13-10-17(6-7-18(13)20)27(24,25)21-16-5-3-4-15(11-16)19(23)22-8-9-26-12-14(22)2/h3-7,10-11,14,21H,8-9,12H2,1-2H3. The molecule has 2 aromatic rings. The predicted octanol–water partition coefficient (Wildman–Crippen LogP) is 2.80. The highest BCUT2D eigenvalue weighted by atomic mass is 32.2. The summed E-state index contributed by atoms with van der Waals surface area (Å²) in [7, 11) is -3.89. The molecule has 1 fully saturated rings. The zero-order valence-electron chi connectivity index (χ0n) is 15.1. The molecule has 0 saturated carbocycles. The second-order valence-corrected chi connectivity index (χ2v) is 8.20.